The number of benzene rings is 2. The highest BCUT2D eigenvalue weighted by Gasteiger charge is 2.14. The van der Waals surface area contributed by atoms with Gasteiger partial charge in [0.15, 0.2) is 0 Å². The van der Waals surface area contributed by atoms with Crippen LogP contribution < -0.4 is 10.9 Å². The molecule has 0 fully saturated rings. The Balaban J connectivity index is 1.96. The van der Waals surface area contributed by atoms with Crippen LogP contribution in [0.5, 0.6) is 0 Å². The van der Waals surface area contributed by atoms with Crippen LogP contribution in [0.2, 0.25) is 0 Å². The Morgan fingerprint density at radius 3 is 2.73 bits per heavy atom. The summed E-state index contributed by atoms with van der Waals surface area (Å²) >= 11 is 0. The average Bonchev–Trinajstić information content (AvgIpc) is 2.54. The topological polar surface area (TPSA) is 83.1 Å². The molecule has 0 saturated heterocycles. The number of nitrogens with zero attached hydrogens (tertiary/aromatic N) is 1. The molecule has 3 rings (SSSR count). The van der Waals surface area contributed by atoms with Crippen LogP contribution in [0.15, 0.2) is 63.8 Å². The molecular formula is C17H10N2O3. The van der Waals surface area contributed by atoms with E-state index in [1.165, 1.54) is 12.1 Å². The molecular weight excluding hydrogens is 280 g/mol. The van der Waals surface area contributed by atoms with Gasteiger partial charge in [-0.25, -0.2) is 4.79 Å². The number of nitriles is 1. The van der Waals surface area contributed by atoms with E-state index in [0.29, 0.717) is 22.2 Å². The van der Waals surface area contributed by atoms with Gasteiger partial charge >= 0.3 is 5.63 Å². The Bertz CT molecular complexity index is 967. The van der Waals surface area contributed by atoms with Crippen molar-refractivity contribution in [1.82, 2.24) is 0 Å². The maximum Gasteiger partial charge on any atom is 0.349 e. The van der Waals surface area contributed by atoms with Gasteiger partial charge in [0, 0.05) is 11.1 Å². The summed E-state index contributed by atoms with van der Waals surface area (Å²) in [5.41, 5.74) is 0.504. The van der Waals surface area contributed by atoms with Gasteiger partial charge in [-0.3, -0.25) is 4.79 Å². The Kier molecular flexibility index (Phi) is 3.42. The van der Waals surface area contributed by atoms with Crippen LogP contribution in [-0.2, 0) is 0 Å². The number of hydrogen-bond acceptors (Lipinski definition) is 4. The zero-order valence-corrected chi connectivity index (χ0v) is 11.4. The van der Waals surface area contributed by atoms with E-state index in [4.69, 9.17) is 9.68 Å². The third-order valence-corrected chi connectivity index (χ3v) is 3.14. The molecule has 5 nitrogen and oxygen atoms in total. The molecule has 1 amide bonds. The number of anilines is 1. The molecule has 1 aromatic heterocycles. The van der Waals surface area contributed by atoms with Gasteiger partial charge in [-0.1, -0.05) is 24.3 Å². The second-order valence-corrected chi connectivity index (χ2v) is 4.63. The minimum Gasteiger partial charge on any atom is -0.422 e. The fourth-order valence-corrected chi connectivity index (χ4v) is 2.09. The van der Waals surface area contributed by atoms with Crippen molar-refractivity contribution >= 4 is 22.6 Å². The number of fused-ring (bicyclic) bond motifs is 1. The molecule has 5 heteroatoms. The quantitative estimate of drug-likeness (QED) is 0.735. The molecule has 0 aliphatic heterocycles. The van der Waals surface area contributed by atoms with Crippen molar-refractivity contribution in [3.63, 3.8) is 0 Å². The molecule has 0 atom stereocenters. The molecule has 0 bridgehead atoms. The van der Waals surface area contributed by atoms with Crippen molar-refractivity contribution in [3.8, 4) is 6.07 Å². The lowest BCUT2D eigenvalue weighted by molar-refractivity contribution is 0.102. The largest absolute Gasteiger partial charge is 0.422 e. The Morgan fingerprint density at radius 1 is 1.09 bits per heavy atom. The number of amides is 1. The Labute approximate surface area is 125 Å². The van der Waals surface area contributed by atoms with Crippen LogP contribution in [0, 0.1) is 11.3 Å². The standard InChI is InChI=1S/C17H10N2O3/c18-10-11-4-3-6-13(8-11)19-16(20)14-9-12-5-1-2-7-15(12)22-17(14)21/h1-9H,(H,19,20). The molecule has 3 aromatic rings. The number of rotatable bonds is 2. The molecule has 0 radical (unpaired) electrons. The summed E-state index contributed by atoms with van der Waals surface area (Å²) in [4.78, 5) is 24.1. The monoisotopic (exact) mass is 290 g/mol. The molecule has 0 aliphatic carbocycles. The minimum atomic E-state index is -0.701. The number of para-hydroxylation sites is 1. The van der Waals surface area contributed by atoms with E-state index in [9.17, 15) is 9.59 Å². The molecule has 1 heterocycles. The van der Waals surface area contributed by atoms with Crippen molar-refractivity contribution < 1.29 is 9.21 Å². The molecule has 0 saturated carbocycles. The summed E-state index contributed by atoms with van der Waals surface area (Å²) in [7, 11) is 0. The number of carbonyl (C=O) groups is 1. The SMILES string of the molecule is N#Cc1cccc(NC(=O)c2cc3ccccc3oc2=O)c1. The highest BCUT2D eigenvalue weighted by molar-refractivity contribution is 6.05. The summed E-state index contributed by atoms with van der Waals surface area (Å²) in [5, 5.41) is 12.1. The maximum atomic E-state index is 12.2. The van der Waals surface area contributed by atoms with Gasteiger partial charge in [-0.15, -0.1) is 0 Å². The van der Waals surface area contributed by atoms with Gasteiger partial charge in [0.1, 0.15) is 11.1 Å². The van der Waals surface area contributed by atoms with Crippen molar-refractivity contribution in [2.24, 2.45) is 0 Å². The minimum absolute atomic E-state index is 0.0824. The lowest BCUT2D eigenvalue weighted by atomic mass is 10.1. The van der Waals surface area contributed by atoms with Crippen LogP contribution in [-0.4, -0.2) is 5.91 Å². The molecule has 0 unspecified atom stereocenters. The Morgan fingerprint density at radius 2 is 1.91 bits per heavy atom. The van der Waals surface area contributed by atoms with Crippen LogP contribution in [0.4, 0.5) is 5.69 Å². The van der Waals surface area contributed by atoms with Crippen molar-refractivity contribution in [2.45, 2.75) is 0 Å². The first kappa shape index (κ1) is 13.6. The van der Waals surface area contributed by atoms with Crippen molar-refractivity contribution in [2.75, 3.05) is 5.32 Å². The Hall–Kier alpha value is -3.39. The number of carbonyl (C=O) groups excluding carboxylic acids is 1. The van der Waals surface area contributed by atoms with Gasteiger partial charge in [-0.05, 0) is 30.3 Å². The molecule has 1 N–H and O–H groups in total. The molecule has 2 aromatic carbocycles. The summed E-state index contributed by atoms with van der Waals surface area (Å²) in [6.07, 6.45) is 0. The predicted molar refractivity (Wildman–Crippen MR) is 81.6 cm³/mol. The van der Waals surface area contributed by atoms with E-state index in [1.807, 2.05) is 6.07 Å². The molecule has 0 aliphatic rings. The van der Waals surface area contributed by atoms with Crippen LogP contribution in [0.1, 0.15) is 15.9 Å². The van der Waals surface area contributed by atoms with Crippen LogP contribution in [0.3, 0.4) is 0 Å². The summed E-state index contributed by atoms with van der Waals surface area (Å²) in [6, 6.07) is 16.9. The third kappa shape index (κ3) is 2.58. The zero-order valence-electron chi connectivity index (χ0n) is 11.4. The van der Waals surface area contributed by atoms with E-state index < -0.39 is 11.5 Å². The van der Waals surface area contributed by atoms with E-state index in [1.54, 1.807) is 42.5 Å². The first-order chi connectivity index (χ1) is 10.7. The molecule has 22 heavy (non-hydrogen) atoms. The highest BCUT2D eigenvalue weighted by atomic mass is 16.4. The number of hydrogen-bond donors (Lipinski definition) is 1. The van der Waals surface area contributed by atoms with E-state index in [2.05, 4.69) is 5.32 Å². The second kappa shape index (κ2) is 5.54. The van der Waals surface area contributed by atoms with Gasteiger partial charge in [0.2, 0.25) is 0 Å². The summed E-state index contributed by atoms with van der Waals surface area (Å²) in [6.45, 7) is 0. The van der Waals surface area contributed by atoms with Gasteiger partial charge < -0.3 is 9.73 Å². The van der Waals surface area contributed by atoms with E-state index >= 15 is 0 Å². The second-order valence-electron chi connectivity index (χ2n) is 4.63. The zero-order chi connectivity index (χ0) is 15.5. The lowest BCUT2D eigenvalue weighted by Crippen LogP contribution is -2.20. The summed E-state index contributed by atoms with van der Waals surface area (Å²) < 4.78 is 5.13. The van der Waals surface area contributed by atoms with Gasteiger partial charge in [-0.2, -0.15) is 5.26 Å². The van der Waals surface area contributed by atoms with E-state index in [-0.39, 0.29) is 5.56 Å². The van der Waals surface area contributed by atoms with Crippen LogP contribution in [0.25, 0.3) is 11.0 Å². The number of nitrogens with one attached hydrogen (secondary N) is 1. The third-order valence-electron chi connectivity index (χ3n) is 3.14. The molecule has 106 valence electrons. The fraction of sp³-hybridized carbons (Fsp3) is 0. The highest BCUT2D eigenvalue weighted by Crippen LogP contribution is 2.15. The average molecular weight is 290 g/mol. The van der Waals surface area contributed by atoms with Gasteiger partial charge in [0.05, 0.1) is 11.6 Å². The maximum absolute atomic E-state index is 12.2. The smallest absolute Gasteiger partial charge is 0.349 e. The van der Waals surface area contributed by atoms with Gasteiger partial charge in [0.25, 0.3) is 5.91 Å². The predicted octanol–water partition coefficient (Wildman–Crippen LogP) is 2.92. The first-order valence-electron chi connectivity index (χ1n) is 6.52. The van der Waals surface area contributed by atoms with Crippen LogP contribution >= 0.6 is 0 Å². The molecule has 0 spiro atoms. The summed E-state index contributed by atoms with van der Waals surface area (Å²) in [5.74, 6) is -0.574. The van der Waals surface area contributed by atoms with E-state index in [0.717, 1.165) is 0 Å². The normalized spacial score (nSPS) is 10.1. The van der Waals surface area contributed by atoms with Crippen molar-refractivity contribution in [3.05, 3.63) is 76.1 Å². The lowest BCUT2D eigenvalue weighted by Gasteiger charge is -2.05. The fourth-order valence-electron chi connectivity index (χ4n) is 2.09. The van der Waals surface area contributed by atoms with Crippen molar-refractivity contribution in [1.29, 1.82) is 5.26 Å². The first-order valence-corrected chi connectivity index (χ1v) is 6.52.